The Morgan fingerprint density at radius 3 is 2.59 bits per heavy atom. The van der Waals surface area contributed by atoms with Gasteiger partial charge in [-0.1, -0.05) is 32.8 Å². The molecule has 2 aromatic rings. The van der Waals surface area contributed by atoms with Crippen molar-refractivity contribution in [1.82, 2.24) is 9.88 Å². The van der Waals surface area contributed by atoms with Gasteiger partial charge in [-0.25, -0.2) is 0 Å². The molecular weight excluding hydrogens is 272 g/mol. The SMILES string of the molecule is CCCCCNC(=O)c1c(C)c2cc(CC)ccc2n1CC. The van der Waals surface area contributed by atoms with Gasteiger partial charge in [0.2, 0.25) is 0 Å². The second-order valence-electron chi connectivity index (χ2n) is 5.89. The fourth-order valence-electron chi connectivity index (χ4n) is 3.07. The third kappa shape index (κ3) is 3.18. The molecule has 0 aliphatic heterocycles. The maximum atomic E-state index is 12.6. The second-order valence-corrected chi connectivity index (χ2v) is 5.89. The average molecular weight is 300 g/mol. The van der Waals surface area contributed by atoms with Gasteiger partial charge < -0.3 is 9.88 Å². The Morgan fingerprint density at radius 2 is 1.95 bits per heavy atom. The second kappa shape index (κ2) is 7.48. The Bertz CT molecular complexity index is 655. The van der Waals surface area contributed by atoms with Gasteiger partial charge in [0.1, 0.15) is 5.69 Å². The number of aromatic nitrogens is 1. The number of aryl methyl sites for hydroxylation is 3. The lowest BCUT2D eigenvalue weighted by molar-refractivity contribution is 0.0943. The molecule has 0 aliphatic carbocycles. The van der Waals surface area contributed by atoms with Crippen LogP contribution in [0.1, 0.15) is 61.6 Å². The number of nitrogens with one attached hydrogen (secondary N) is 1. The van der Waals surface area contributed by atoms with Gasteiger partial charge in [0.05, 0.1) is 0 Å². The van der Waals surface area contributed by atoms with Crippen LogP contribution < -0.4 is 5.32 Å². The molecule has 0 bridgehead atoms. The number of benzene rings is 1. The number of hydrogen-bond acceptors (Lipinski definition) is 1. The first-order chi connectivity index (χ1) is 10.6. The molecule has 1 aromatic heterocycles. The van der Waals surface area contributed by atoms with Gasteiger partial charge >= 0.3 is 0 Å². The molecule has 1 N–H and O–H groups in total. The van der Waals surface area contributed by atoms with E-state index in [0.29, 0.717) is 0 Å². The van der Waals surface area contributed by atoms with Crippen molar-refractivity contribution < 1.29 is 4.79 Å². The maximum absolute atomic E-state index is 12.6. The molecule has 0 atom stereocenters. The van der Waals surface area contributed by atoms with E-state index in [9.17, 15) is 4.79 Å². The largest absolute Gasteiger partial charge is 0.351 e. The van der Waals surface area contributed by atoms with Crippen molar-refractivity contribution in [2.24, 2.45) is 0 Å². The highest BCUT2D eigenvalue weighted by atomic mass is 16.1. The van der Waals surface area contributed by atoms with Gasteiger partial charge in [0.25, 0.3) is 5.91 Å². The van der Waals surface area contributed by atoms with Gasteiger partial charge in [-0.05, 0) is 49.9 Å². The molecule has 0 saturated carbocycles. The fourth-order valence-corrected chi connectivity index (χ4v) is 3.07. The molecular formula is C19H28N2O. The smallest absolute Gasteiger partial charge is 0.268 e. The predicted molar refractivity (Wildman–Crippen MR) is 93.6 cm³/mol. The van der Waals surface area contributed by atoms with E-state index in [1.165, 1.54) is 17.4 Å². The summed E-state index contributed by atoms with van der Waals surface area (Å²) in [6, 6.07) is 6.54. The third-order valence-electron chi connectivity index (χ3n) is 4.39. The van der Waals surface area contributed by atoms with Crippen molar-refractivity contribution in [2.45, 2.75) is 59.9 Å². The normalized spacial score (nSPS) is 11.1. The summed E-state index contributed by atoms with van der Waals surface area (Å²) < 4.78 is 2.14. The highest BCUT2D eigenvalue weighted by Gasteiger charge is 2.19. The number of carbonyl (C=O) groups excluding carboxylic acids is 1. The Kier molecular flexibility index (Phi) is 5.64. The number of unbranched alkanes of at least 4 members (excludes halogenated alkanes) is 2. The fraction of sp³-hybridized carbons (Fsp3) is 0.526. The predicted octanol–water partition coefficient (Wildman–Crippen LogP) is 4.45. The molecule has 2 rings (SSSR count). The van der Waals surface area contributed by atoms with Crippen molar-refractivity contribution in [2.75, 3.05) is 6.54 Å². The van der Waals surface area contributed by atoms with E-state index in [4.69, 9.17) is 0 Å². The summed E-state index contributed by atoms with van der Waals surface area (Å²) in [5.74, 6) is 0.0599. The summed E-state index contributed by atoms with van der Waals surface area (Å²) >= 11 is 0. The molecule has 120 valence electrons. The molecule has 0 aliphatic rings. The number of hydrogen-bond donors (Lipinski definition) is 1. The standard InChI is InChI=1S/C19H28N2O/c1-5-8-9-12-20-19(22)18-14(4)16-13-15(6-2)10-11-17(16)21(18)7-3/h10-11,13H,5-9,12H2,1-4H3,(H,20,22). The van der Waals surface area contributed by atoms with Gasteiger partial charge in [0.15, 0.2) is 0 Å². The van der Waals surface area contributed by atoms with E-state index in [0.717, 1.165) is 49.1 Å². The van der Waals surface area contributed by atoms with E-state index in [1.54, 1.807) is 0 Å². The lowest BCUT2D eigenvalue weighted by Crippen LogP contribution is -2.27. The van der Waals surface area contributed by atoms with Crippen molar-refractivity contribution >= 4 is 16.8 Å². The summed E-state index contributed by atoms with van der Waals surface area (Å²) in [7, 11) is 0. The third-order valence-corrected chi connectivity index (χ3v) is 4.39. The zero-order chi connectivity index (χ0) is 16.1. The maximum Gasteiger partial charge on any atom is 0.268 e. The molecule has 1 amide bonds. The zero-order valence-electron chi connectivity index (χ0n) is 14.3. The Labute approximate surface area is 133 Å². The van der Waals surface area contributed by atoms with Crippen LogP contribution in [0.15, 0.2) is 18.2 Å². The van der Waals surface area contributed by atoms with Crippen LogP contribution in [0.2, 0.25) is 0 Å². The highest BCUT2D eigenvalue weighted by Crippen LogP contribution is 2.27. The van der Waals surface area contributed by atoms with Crippen LogP contribution in [0.4, 0.5) is 0 Å². The molecule has 0 spiro atoms. The summed E-state index contributed by atoms with van der Waals surface area (Å²) in [4.78, 5) is 12.6. The first-order valence-electron chi connectivity index (χ1n) is 8.53. The topological polar surface area (TPSA) is 34.0 Å². The molecule has 0 fully saturated rings. The van der Waals surface area contributed by atoms with Crippen LogP contribution in [0.3, 0.4) is 0 Å². The van der Waals surface area contributed by atoms with Crippen LogP contribution in [-0.4, -0.2) is 17.0 Å². The van der Waals surface area contributed by atoms with E-state index in [-0.39, 0.29) is 5.91 Å². The molecule has 3 heteroatoms. The summed E-state index contributed by atoms with van der Waals surface area (Å²) in [6.07, 6.45) is 4.40. The van der Waals surface area contributed by atoms with Crippen LogP contribution in [0, 0.1) is 6.92 Å². The molecule has 1 heterocycles. The number of carbonyl (C=O) groups is 1. The van der Waals surface area contributed by atoms with Crippen LogP contribution in [0.5, 0.6) is 0 Å². The molecule has 0 radical (unpaired) electrons. The Balaban J connectivity index is 2.35. The molecule has 0 saturated heterocycles. The van der Waals surface area contributed by atoms with Gasteiger partial charge in [0, 0.05) is 24.0 Å². The van der Waals surface area contributed by atoms with Gasteiger partial charge in [-0.15, -0.1) is 0 Å². The Morgan fingerprint density at radius 1 is 1.18 bits per heavy atom. The monoisotopic (exact) mass is 300 g/mol. The first kappa shape index (κ1) is 16.6. The van der Waals surface area contributed by atoms with Crippen LogP contribution in [-0.2, 0) is 13.0 Å². The van der Waals surface area contributed by atoms with Crippen LogP contribution in [0.25, 0.3) is 10.9 Å². The van der Waals surface area contributed by atoms with Crippen molar-refractivity contribution in [3.05, 3.63) is 35.0 Å². The highest BCUT2D eigenvalue weighted by molar-refractivity contribution is 6.01. The van der Waals surface area contributed by atoms with E-state index in [2.05, 4.69) is 55.8 Å². The lowest BCUT2D eigenvalue weighted by atomic mass is 10.1. The first-order valence-corrected chi connectivity index (χ1v) is 8.53. The number of nitrogens with zero attached hydrogens (tertiary/aromatic N) is 1. The summed E-state index contributed by atoms with van der Waals surface area (Å²) in [5, 5.41) is 4.29. The number of rotatable bonds is 7. The lowest BCUT2D eigenvalue weighted by Gasteiger charge is -2.09. The minimum atomic E-state index is 0.0599. The molecule has 22 heavy (non-hydrogen) atoms. The minimum absolute atomic E-state index is 0.0599. The number of amides is 1. The quantitative estimate of drug-likeness (QED) is 0.753. The van der Waals surface area contributed by atoms with E-state index < -0.39 is 0 Å². The van der Waals surface area contributed by atoms with Gasteiger partial charge in [-0.2, -0.15) is 0 Å². The van der Waals surface area contributed by atoms with Crippen molar-refractivity contribution in [3.8, 4) is 0 Å². The van der Waals surface area contributed by atoms with E-state index in [1.807, 2.05) is 0 Å². The molecule has 3 nitrogen and oxygen atoms in total. The van der Waals surface area contributed by atoms with Crippen LogP contribution >= 0.6 is 0 Å². The number of fused-ring (bicyclic) bond motifs is 1. The van der Waals surface area contributed by atoms with E-state index >= 15 is 0 Å². The van der Waals surface area contributed by atoms with Gasteiger partial charge in [-0.3, -0.25) is 4.79 Å². The zero-order valence-corrected chi connectivity index (χ0v) is 14.3. The summed E-state index contributed by atoms with van der Waals surface area (Å²) in [5.41, 5.74) is 4.40. The van der Waals surface area contributed by atoms with Crippen molar-refractivity contribution in [1.29, 1.82) is 0 Å². The Hall–Kier alpha value is -1.77. The van der Waals surface area contributed by atoms with Crippen molar-refractivity contribution in [3.63, 3.8) is 0 Å². The average Bonchev–Trinajstić information content (AvgIpc) is 2.83. The molecule has 1 aromatic carbocycles. The summed E-state index contributed by atoms with van der Waals surface area (Å²) in [6.45, 7) is 10.1. The minimum Gasteiger partial charge on any atom is -0.351 e. The molecule has 0 unspecified atom stereocenters.